The van der Waals surface area contributed by atoms with E-state index in [0.717, 1.165) is 12.2 Å². The van der Waals surface area contributed by atoms with Crippen molar-refractivity contribution in [2.75, 3.05) is 5.32 Å². The van der Waals surface area contributed by atoms with E-state index in [0.29, 0.717) is 21.7 Å². The molecule has 0 spiro atoms. The Morgan fingerprint density at radius 3 is 2.89 bits per heavy atom. The zero-order valence-corrected chi connectivity index (χ0v) is 9.73. The lowest BCUT2D eigenvalue weighted by Gasteiger charge is -1.97. The molecule has 6 nitrogen and oxygen atoms in total. The lowest BCUT2D eigenvalue weighted by Crippen LogP contribution is -2.09. The molecule has 1 heterocycles. The Kier molecular flexibility index (Phi) is 3.29. The zero-order chi connectivity index (χ0) is 13.1. The predicted octanol–water partition coefficient (Wildman–Crippen LogP) is 1.80. The molecule has 1 aromatic carbocycles. The Morgan fingerprint density at radius 2 is 2.17 bits per heavy atom. The molecule has 0 aliphatic heterocycles. The number of nitrogens with one attached hydrogen (secondary N) is 2. The Morgan fingerprint density at radius 1 is 1.39 bits per heavy atom. The first-order chi connectivity index (χ1) is 8.56. The second-order valence-electron chi connectivity index (χ2n) is 3.42. The summed E-state index contributed by atoms with van der Waals surface area (Å²) in [6, 6.07) is 5.05. The molecule has 0 atom stereocenters. The molecule has 7 heteroatoms. The number of carboxylic acids is 1. The molecule has 2 rings (SSSR count). The molecule has 0 saturated heterocycles. The van der Waals surface area contributed by atoms with Crippen LogP contribution in [0, 0.1) is 0 Å². The largest absolute Gasteiger partial charge is 0.478 e. The van der Waals surface area contributed by atoms with Gasteiger partial charge in [-0.3, -0.25) is 9.89 Å². The topological polar surface area (TPSA) is 95.1 Å². The number of nitrogens with zero attached hydrogens (tertiary/aromatic N) is 1. The van der Waals surface area contributed by atoms with Gasteiger partial charge < -0.3 is 10.4 Å². The third-order valence-electron chi connectivity index (χ3n) is 2.14. The van der Waals surface area contributed by atoms with E-state index < -0.39 is 11.9 Å². The minimum absolute atomic E-state index is 0.321. The Bertz CT molecular complexity index is 648. The van der Waals surface area contributed by atoms with E-state index in [2.05, 4.69) is 15.5 Å². The molecule has 92 valence electrons. The molecule has 0 unspecified atom stereocenters. The zero-order valence-electron chi connectivity index (χ0n) is 8.98. The van der Waals surface area contributed by atoms with Gasteiger partial charge in [0.2, 0.25) is 5.91 Å². The van der Waals surface area contributed by atoms with Crippen molar-refractivity contribution in [2.24, 2.45) is 0 Å². The summed E-state index contributed by atoms with van der Waals surface area (Å²) in [5.41, 5.74) is 0.681. The number of H-pyrrole nitrogens is 1. The van der Waals surface area contributed by atoms with E-state index in [1.165, 1.54) is 0 Å². The van der Waals surface area contributed by atoms with E-state index in [4.69, 9.17) is 16.7 Å². The SMILES string of the molecule is O=C(O)C=CC(=O)Nc1n[nH]c2cc(Cl)ccc12. The summed E-state index contributed by atoms with van der Waals surface area (Å²) < 4.78 is 0. The monoisotopic (exact) mass is 265 g/mol. The van der Waals surface area contributed by atoms with E-state index in [9.17, 15) is 9.59 Å². The summed E-state index contributed by atoms with van der Waals surface area (Å²) in [5, 5.41) is 18.7. The minimum Gasteiger partial charge on any atom is -0.478 e. The maximum atomic E-state index is 11.4. The van der Waals surface area contributed by atoms with Crippen molar-refractivity contribution in [3.05, 3.63) is 35.4 Å². The molecule has 0 aliphatic carbocycles. The summed E-state index contributed by atoms with van der Waals surface area (Å²) in [5.74, 6) is -1.44. The maximum Gasteiger partial charge on any atom is 0.328 e. The van der Waals surface area contributed by atoms with Crippen molar-refractivity contribution in [3.63, 3.8) is 0 Å². The number of aliphatic carboxylic acids is 1. The van der Waals surface area contributed by atoms with Crippen molar-refractivity contribution in [1.29, 1.82) is 0 Å². The molecule has 1 amide bonds. The van der Waals surface area contributed by atoms with Gasteiger partial charge in [0.05, 0.1) is 5.52 Å². The van der Waals surface area contributed by atoms with Crippen molar-refractivity contribution < 1.29 is 14.7 Å². The van der Waals surface area contributed by atoms with Gasteiger partial charge in [-0.05, 0) is 18.2 Å². The number of fused-ring (bicyclic) bond motifs is 1. The number of hydrogen-bond donors (Lipinski definition) is 3. The van der Waals surface area contributed by atoms with Crippen LogP contribution in [0.15, 0.2) is 30.4 Å². The third kappa shape index (κ3) is 2.67. The number of anilines is 1. The van der Waals surface area contributed by atoms with E-state index >= 15 is 0 Å². The quantitative estimate of drug-likeness (QED) is 0.738. The second kappa shape index (κ2) is 4.89. The lowest BCUT2D eigenvalue weighted by atomic mass is 10.2. The molecule has 18 heavy (non-hydrogen) atoms. The molecule has 0 radical (unpaired) electrons. The fourth-order valence-corrected chi connectivity index (χ4v) is 1.56. The average molecular weight is 266 g/mol. The number of carboxylic acid groups (broad SMARTS) is 1. The van der Waals surface area contributed by atoms with E-state index in [1.807, 2.05) is 0 Å². The fraction of sp³-hybridized carbons (Fsp3) is 0. The van der Waals surface area contributed by atoms with E-state index in [1.54, 1.807) is 18.2 Å². The van der Waals surface area contributed by atoms with Crippen LogP contribution in [0.2, 0.25) is 5.02 Å². The predicted molar refractivity (Wildman–Crippen MR) is 66.5 cm³/mol. The summed E-state index contributed by atoms with van der Waals surface area (Å²) in [7, 11) is 0. The molecule has 1 aromatic heterocycles. The van der Waals surface area contributed by atoms with Crippen LogP contribution in [0.3, 0.4) is 0 Å². The number of amides is 1. The van der Waals surface area contributed by atoms with Gasteiger partial charge in [-0.25, -0.2) is 4.79 Å². The standard InChI is InChI=1S/C11H8ClN3O3/c12-6-1-2-7-8(5-6)14-15-11(7)13-9(16)3-4-10(17)18/h1-5H,(H,17,18)(H2,13,14,15,16). The summed E-state index contributed by atoms with van der Waals surface area (Å²) in [6.07, 6.45) is 1.67. The highest BCUT2D eigenvalue weighted by atomic mass is 35.5. The summed E-state index contributed by atoms with van der Waals surface area (Å²) >= 11 is 5.81. The van der Waals surface area contributed by atoms with Crippen LogP contribution in [-0.2, 0) is 9.59 Å². The van der Waals surface area contributed by atoms with Gasteiger partial charge in [0.25, 0.3) is 0 Å². The lowest BCUT2D eigenvalue weighted by molar-refractivity contribution is -0.131. The molecule has 0 bridgehead atoms. The van der Waals surface area contributed by atoms with Gasteiger partial charge >= 0.3 is 5.97 Å². The molecule has 0 saturated carbocycles. The van der Waals surface area contributed by atoms with Crippen molar-refractivity contribution in [3.8, 4) is 0 Å². The molecule has 3 N–H and O–H groups in total. The first-order valence-electron chi connectivity index (χ1n) is 4.92. The number of carbonyl (C=O) groups is 2. The van der Waals surface area contributed by atoms with Crippen molar-refractivity contribution >= 4 is 40.2 Å². The van der Waals surface area contributed by atoms with Gasteiger partial charge in [-0.2, -0.15) is 5.10 Å². The summed E-state index contributed by atoms with van der Waals surface area (Å²) in [4.78, 5) is 21.6. The number of rotatable bonds is 3. The van der Waals surface area contributed by atoms with Crippen LogP contribution >= 0.6 is 11.6 Å². The van der Waals surface area contributed by atoms with Crippen LogP contribution in [0.5, 0.6) is 0 Å². The fourth-order valence-electron chi connectivity index (χ4n) is 1.39. The number of carbonyl (C=O) groups excluding carboxylic acids is 1. The van der Waals surface area contributed by atoms with Gasteiger partial charge in [-0.1, -0.05) is 11.6 Å². The minimum atomic E-state index is -1.19. The van der Waals surface area contributed by atoms with Gasteiger partial charge in [-0.15, -0.1) is 0 Å². The number of aromatic nitrogens is 2. The first-order valence-corrected chi connectivity index (χ1v) is 5.29. The Hall–Kier alpha value is -2.34. The highest BCUT2D eigenvalue weighted by Crippen LogP contribution is 2.23. The van der Waals surface area contributed by atoms with Gasteiger partial charge in [0.1, 0.15) is 0 Å². The van der Waals surface area contributed by atoms with Crippen LogP contribution < -0.4 is 5.32 Å². The number of hydrogen-bond acceptors (Lipinski definition) is 3. The number of aromatic amines is 1. The normalized spacial score (nSPS) is 10.9. The molecule has 0 aliphatic rings. The number of benzene rings is 1. The molecular weight excluding hydrogens is 258 g/mol. The van der Waals surface area contributed by atoms with Crippen LogP contribution in [0.4, 0.5) is 5.82 Å². The molecular formula is C11H8ClN3O3. The Labute approximate surface area is 106 Å². The van der Waals surface area contributed by atoms with Crippen molar-refractivity contribution in [1.82, 2.24) is 10.2 Å². The number of halogens is 1. The van der Waals surface area contributed by atoms with E-state index in [-0.39, 0.29) is 0 Å². The molecule has 2 aromatic rings. The van der Waals surface area contributed by atoms with Crippen LogP contribution in [-0.4, -0.2) is 27.2 Å². The van der Waals surface area contributed by atoms with Gasteiger partial charge in [0.15, 0.2) is 5.82 Å². The smallest absolute Gasteiger partial charge is 0.328 e. The molecule has 0 fully saturated rings. The Balaban J connectivity index is 2.22. The highest BCUT2D eigenvalue weighted by Gasteiger charge is 2.07. The maximum absolute atomic E-state index is 11.4. The van der Waals surface area contributed by atoms with Crippen molar-refractivity contribution in [2.45, 2.75) is 0 Å². The highest BCUT2D eigenvalue weighted by molar-refractivity contribution is 6.31. The first kappa shape index (κ1) is 12.1. The second-order valence-corrected chi connectivity index (χ2v) is 3.86. The van der Waals surface area contributed by atoms with Crippen LogP contribution in [0.25, 0.3) is 10.9 Å². The van der Waals surface area contributed by atoms with Crippen LogP contribution in [0.1, 0.15) is 0 Å². The summed E-state index contributed by atoms with van der Waals surface area (Å²) in [6.45, 7) is 0. The third-order valence-corrected chi connectivity index (χ3v) is 2.38. The average Bonchev–Trinajstić information content (AvgIpc) is 2.69. The van der Waals surface area contributed by atoms with Gasteiger partial charge in [0, 0.05) is 22.6 Å².